The molecule has 2 aromatic rings. The molecule has 1 saturated carbocycles. The molecule has 0 radical (unpaired) electrons. The van der Waals surface area contributed by atoms with Crippen LogP contribution >= 0.6 is 0 Å². The molecule has 0 amide bonds. The number of hydrogen-bond acceptors (Lipinski definition) is 3. The first-order valence-corrected chi connectivity index (χ1v) is 6.67. The van der Waals surface area contributed by atoms with E-state index in [1.165, 1.54) is 18.9 Å². The van der Waals surface area contributed by atoms with E-state index in [-0.39, 0.29) is 5.82 Å². The number of aromatic nitrogens is 1. The molecule has 1 heterocycles. The third kappa shape index (κ3) is 3.01. The van der Waals surface area contributed by atoms with Crippen LogP contribution in [-0.4, -0.2) is 17.6 Å². The standard InChI is InChI=1S/C15H17FN2O/c1-10-2-5-13(16)12(8-10)14-9-18-15(19-14)6-7-17-11-3-4-11/h2,5,8-9,11,17H,3-4,6-7H2,1H3. The summed E-state index contributed by atoms with van der Waals surface area (Å²) in [7, 11) is 0. The van der Waals surface area contributed by atoms with E-state index in [9.17, 15) is 4.39 Å². The van der Waals surface area contributed by atoms with Gasteiger partial charge in [-0.1, -0.05) is 11.6 Å². The first-order chi connectivity index (χ1) is 9.22. The van der Waals surface area contributed by atoms with Gasteiger partial charge in [0.05, 0.1) is 11.8 Å². The molecule has 19 heavy (non-hydrogen) atoms. The van der Waals surface area contributed by atoms with Crippen molar-refractivity contribution in [3.63, 3.8) is 0 Å². The fourth-order valence-electron chi connectivity index (χ4n) is 2.05. The van der Waals surface area contributed by atoms with E-state index < -0.39 is 0 Å². The van der Waals surface area contributed by atoms with Gasteiger partial charge in [0.15, 0.2) is 11.7 Å². The topological polar surface area (TPSA) is 38.1 Å². The summed E-state index contributed by atoms with van der Waals surface area (Å²) in [5.41, 5.74) is 1.48. The Morgan fingerprint density at radius 2 is 2.26 bits per heavy atom. The zero-order chi connectivity index (χ0) is 13.2. The quantitative estimate of drug-likeness (QED) is 0.897. The van der Waals surface area contributed by atoms with Crippen LogP contribution in [0, 0.1) is 12.7 Å². The Balaban J connectivity index is 1.70. The van der Waals surface area contributed by atoms with Gasteiger partial charge in [0.1, 0.15) is 5.82 Å². The second-order valence-corrected chi connectivity index (χ2v) is 5.08. The lowest BCUT2D eigenvalue weighted by Gasteiger charge is -2.01. The molecule has 1 aromatic carbocycles. The van der Waals surface area contributed by atoms with Gasteiger partial charge >= 0.3 is 0 Å². The Hall–Kier alpha value is -1.68. The van der Waals surface area contributed by atoms with E-state index in [2.05, 4.69) is 10.3 Å². The molecule has 0 unspecified atom stereocenters. The molecule has 3 rings (SSSR count). The molecule has 1 aliphatic rings. The maximum Gasteiger partial charge on any atom is 0.196 e. The van der Waals surface area contributed by atoms with Gasteiger partial charge < -0.3 is 9.73 Å². The Bertz CT molecular complexity index is 575. The molecule has 1 aromatic heterocycles. The highest BCUT2D eigenvalue weighted by Crippen LogP contribution is 2.25. The number of oxazole rings is 1. The van der Waals surface area contributed by atoms with E-state index in [1.54, 1.807) is 18.3 Å². The number of aryl methyl sites for hydroxylation is 1. The highest BCUT2D eigenvalue weighted by Gasteiger charge is 2.20. The summed E-state index contributed by atoms with van der Waals surface area (Å²) in [6, 6.07) is 5.67. The fraction of sp³-hybridized carbons (Fsp3) is 0.400. The van der Waals surface area contributed by atoms with Gasteiger partial charge in [-0.3, -0.25) is 0 Å². The van der Waals surface area contributed by atoms with Crippen LogP contribution in [0.25, 0.3) is 11.3 Å². The molecule has 4 heteroatoms. The van der Waals surface area contributed by atoms with Crippen LogP contribution in [-0.2, 0) is 6.42 Å². The second kappa shape index (κ2) is 5.13. The van der Waals surface area contributed by atoms with Crippen LogP contribution in [0.4, 0.5) is 4.39 Å². The van der Waals surface area contributed by atoms with Crippen LogP contribution in [0.5, 0.6) is 0 Å². The van der Waals surface area contributed by atoms with Gasteiger partial charge in [0.2, 0.25) is 0 Å². The Morgan fingerprint density at radius 3 is 3.05 bits per heavy atom. The average Bonchev–Trinajstić information content (AvgIpc) is 3.10. The van der Waals surface area contributed by atoms with E-state index in [0.29, 0.717) is 23.3 Å². The normalized spacial score (nSPS) is 14.8. The average molecular weight is 260 g/mol. The van der Waals surface area contributed by atoms with Crippen molar-refractivity contribution in [2.45, 2.75) is 32.2 Å². The highest BCUT2D eigenvalue weighted by atomic mass is 19.1. The second-order valence-electron chi connectivity index (χ2n) is 5.08. The largest absolute Gasteiger partial charge is 0.441 e. The minimum Gasteiger partial charge on any atom is -0.441 e. The van der Waals surface area contributed by atoms with E-state index >= 15 is 0 Å². The molecule has 0 spiro atoms. The highest BCUT2D eigenvalue weighted by molar-refractivity contribution is 5.58. The van der Waals surface area contributed by atoms with Crippen LogP contribution in [0.15, 0.2) is 28.8 Å². The molecule has 3 nitrogen and oxygen atoms in total. The predicted molar refractivity (Wildman–Crippen MR) is 71.4 cm³/mol. The number of nitrogens with zero attached hydrogens (tertiary/aromatic N) is 1. The lowest BCUT2D eigenvalue weighted by atomic mass is 10.1. The van der Waals surface area contributed by atoms with Crippen molar-refractivity contribution in [1.29, 1.82) is 0 Å². The van der Waals surface area contributed by atoms with E-state index in [1.807, 2.05) is 6.92 Å². The monoisotopic (exact) mass is 260 g/mol. The SMILES string of the molecule is Cc1ccc(F)c(-c2cnc(CCNC3CC3)o2)c1. The minimum absolute atomic E-state index is 0.274. The molecule has 100 valence electrons. The van der Waals surface area contributed by atoms with Gasteiger partial charge in [0, 0.05) is 19.0 Å². The van der Waals surface area contributed by atoms with Crippen molar-refractivity contribution in [1.82, 2.24) is 10.3 Å². The summed E-state index contributed by atoms with van der Waals surface area (Å²) in [5.74, 6) is 0.885. The number of hydrogen-bond donors (Lipinski definition) is 1. The van der Waals surface area contributed by atoms with E-state index in [4.69, 9.17) is 4.42 Å². The van der Waals surface area contributed by atoms with Crippen molar-refractivity contribution in [2.24, 2.45) is 0 Å². The van der Waals surface area contributed by atoms with Crippen LogP contribution in [0.1, 0.15) is 24.3 Å². The first kappa shape index (κ1) is 12.4. The molecular weight excluding hydrogens is 243 g/mol. The molecule has 1 aliphatic carbocycles. The maximum absolute atomic E-state index is 13.7. The summed E-state index contributed by atoms with van der Waals surface area (Å²) < 4.78 is 19.3. The summed E-state index contributed by atoms with van der Waals surface area (Å²) >= 11 is 0. The summed E-state index contributed by atoms with van der Waals surface area (Å²) in [6.45, 7) is 2.79. The van der Waals surface area contributed by atoms with Crippen molar-refractivity contribution < 1.29 is 8.81 Å². The molecule has 0 saturated heterocycles. The van der Waals surface area contributed by atoms with E-state index in [0.717, 1.165) is 18.5 Å². The summed E-state index contributed by atoms with van der Waals surface area (Å²) in [4.78, 5) is 4.21. The van der Waals surface area contributed by atoms with Gasteiger partial charge in [0.25, 0.3) is 0 Å². The van der Waals surface area contributed by atoms with Crippen molar-refractivity contribution in [2.75, 3.05) is 6.54 Å². The number of benzene rings is 1. The van der Waals surface area contributed by atoms with Crippen molar-refractivity contribution in [3.8, 4) is 11.3 Å². The van der Waals surface area contributed by atoms with Crippen LogP contribution in [0.2, 0.25) is 0 Å². The first-order valence-electron chi connectivity index (χ1n) is 6.67. The zero-order valence-corrected chi connectivity index (χ0v) is 10.9. The summed E-state index contributed by atoms with van der Waals surface area (Å²) in [6.07, 6.45) is 4.88. The third-order valence-electron chi connectivity index (χ3n) is 3.29. The summed E-state index contributed by atoms with van der Waals surface area (Å²) in [5, 5.41) is 3.40. The number of rotatable bonds is 5. The number of nitrogens with one attached hydrogen (secondary N) is 1. The van der Waals surface area contributed by atoms with Gasteiger partial charge in [-0.25, -0.2) is 9.37 Å². The maximum atomic E-state index is 13.7. The molecule has 1 N–H and O–H groups in total. The molecule has 0 bridgehead atoms. The molecular formula is C15H17FN2O. The van der Waals surface area contributed by atoms with Gasteiger partial charge in [-0.2, -0.15) is 0 Å². The Labute approximate surface area is 111 Å². The van der Waals surface area contributed by atoms with Crippen molar-refractivity contribution in [3.05, 3.63) is 41.7 Å². The Kier molecular flexibility index (Phi) is 3.34. The lowest BCUT2D eigenvalue weighted by molar-refractivity contribution is 0.491. The van der Waals surface area contributed by atoms with Gasteiger partial charge in [-0.15, -0.1) is 0 Å². The van der Waals surface area contributed by atoms with Crippen LogP contribution in [0.3, 0.4) is 0 Å². The fourth-order valence-corrected chi connectivity index (χ4v) is 2.05. The third-order valence-corrected chi connectivity index (χ3v) is 3.29. The molecule has 0 aliphatic heterocycles. The smallest absolute Gasteiger partial charge is 0.196 e. The van der Waals surface area contributed by atoms with Crippen molar-refractivity contribution >= 4 is 0 Å². The van der Waals surface area contributed by atoms with Gasteiger partial charge in [-0.05, 0) is 31.9 Å². The molecule has 0 atom stereocenters. The zero-order valence-electron chi connectivity index (χ0n) is 10.9. The molecule has 1 fully saturated rings. The Morgan fingerprint density at radius 1 is 1.42 bits per heavy atom. The van der Waals surface area contributed by atoms with Crippen LogP contribution < -0.4 is 5.32 Å². The minimum atomic E-state index is -0.274. The lowest BCUT2D eigenvalue weighted by Crippen LogP contribution is -2.19. The predicted octanol–water partition coefficient (Wildman–Crippen LogP) is 3.08. The number of halogens is 1.